The minimum Gasteiger partial charge on any atom is -0.380 e. The molecule has 148 valence electrons. The van der Waals surface area contributed by atoms with Crippen molar-refractivity contribution in [2.45, 2.75) is 9.79 Å². The molecule has 0 radical (unpaired) electrons. The van der Waals surface area contributed by atoms with Crippen molar-refractivity contribution in [2.24, 2.45) is 0 Å². The Labute approximate surface area is 180 Å². The maximum absolute atomic E-state index is 11.5. The van der Waals surface area contributed by atoms with Gasteiger partial charge in [0.2, 0.25) is 0 Å². The van der Waals surface area contributed by atoms with Crippen molar-refractivity contribution in [2.75, 3.05) is 12.5 Å². The first-order valence-electron chi connectivity index (χ1n) is 6.70. The third kappa shape index (κ3) is 6.77. The molecule has 0 aliphatic heterocycles. The van der Waals surface area contributed by atoms with Crippen molar-refractivity contribution in [3.63, 3.8) is 0 Å². The monoisotopic (exact) mass is 510 g/mol. The van der Waals surface area contributed by atoms with Crippen LogP contribution in [0.1, 0.15) is 0 Å². The Kier molecular flexibility index (Phi) is 7.11. The molecule has 2 rings (SSSR count). The van der Waals surface area contributed by atoms with Gasteiger partial charge in [-0.1, -0.05) is 58.2 Å². The van der Waals surface area contributed by atoms with Crippen LogP contribution in [0.25, 0.3) is 0 Å². The zero-order valence-electron chi connectivity index (χ0n) is 13.5. The molecule has 0 saturated carbocycles. The lowest BCUT2D eigenvalue weighted by atomic mass is 10.3. The van der Waals surface area contributed by atoms with Crippen molar-refractivity contribution in [3.8, 4) is 11.5 Å². The van der Waals surface area contributed by atoms with E-state index in [0.717, 1.165) is 24.3 Å². The summed E-state index contributed by atoms with van der Waals surface area (Å²) < 4.78 is 56.0. The summed E-state index contributed by atoms with van der Waals surface area (Å²) in [7, 11) is -7.81. The van der Waals surface area contributed by atoms with E-state index < -0.39 is 20.2 Å². The van der Waals surface area contributed by atoms with E-state index in [2.05, 4.69) is 0 Å². The maximum atomic E-state index is 11.5. The van der Waals surface area contributed by atoms with Crippen LogP contribution in [0, 0.1) is 0 Å². The average Bonchev–Trinajstić information content (AvgIpc) is 2.44. The van der Waals surface area contributed by atoms with E-state index in [4.69, 9.17) is 54.8 Å². The summed E-state index contributed by atoms with van der Waals surface area (Å²) in [5, 5.41) is 0.271. The molecule has 0 bridgehead atoms. The van der Waals surface area contributed by atoms with Crippen LogP contribution >= 0.6 is 58.2 Å². The van der Waals surface area contributed by atoms with Gasteiger partial charge in [0.15, 0.2) is 11.5 Å². The number of hydrogen-bond donors (Lipinski definition) is 0. The topological polar surface area (TPSA) is 86.7 Å². The maximum Gasteiger partial charge on any atom is 0.306 e. The second-order valence-electron chi connectivity index (χ2n) is 5.11. The Bertz CT molecular complexity index is 1010. The average molecular weight is 512 g/mol. The lowest BCUT2D eigenvalue weighted by Gasteiger charge is -2.15. The van der Waals surface area contributed by atoms with Gasteiger partial charge in [0.1, 0.15) is 0 Å². The molecule has 0 amide bonds. The molecule has 0 spiro atoms. The zero-order chi connectivity index (χ0) is 20.6. The van der Waals surface area contributed by atoms with Gasteiger partial charge in [-0.15, -0.1) is 0 Å². The molecular weight excluding hydrogens is 502 g/mol. The molecule has 0 fully saturated rings. The highest BCUT2D eigenvalue weighted by Gasteiger charge is 2.21. The number of hydrogen-bond acceptors (Lipinski definition) is 7. The molecule has 0 atom stereocenters. The minimum atomic E-state index is -3.90. The van der Waals surface area contributed by atoms with E-state index in [-0.39, 0.29) is 41.4 Å². The fourth-order valence-electron chi connectivity index (χ4n) is 1.81. The van der Waals surface area contributed by atoms with E-state index in [1.54, 1.807) is 0 Å². The summed E-state index contributed by atoms with van der Waals surface area (Å²) in [6, 6.07) is 5.37. The molecule has 0 N–H and O–H groups in total. The summed E-state index contributed by atoms with van der Waals surface area (Å²) in [4.78, 5) is 0.351. The Morgan fingerprint density at radius 2 is 1.04 bits per heavy atom. The van der Waals surface area contributed by atoms with Gasteiger partial charge in [-0.05, 0) is 24.3 Å². The van der Waals surface area contributed by atoms with Crippen LogP contribution in [0.4, 0.5) is 0 Å². The molecule has 0 unspecified atom stereocenters. The van der Waals surface area contributed by atoms with E-state index in [1.165, 1.54) is 24.3 Å². The van der Waals surface area contributed by atoms with Crippen molar-refractivity contribution >= 4 is 78.4 Å². The van der Waals surface area contributed by atoms with Gasteiger partial charge in [-0.2, -0.15) is 16.8 Å². The van der Waals surface area contributed by atoms with E-state index >= 15 is 0 Å². The van der Waals surface area contributed by atoms with E-state index in [0.29, 0.717) is 0 Å². The van der Waals surface area contributed by atoms with Crippen LogP contribution in [0.2, 0.25) is 20.1 Å². The first-order valence-corrected chi connectivity index (χ1v) is 12.7. The number of benzene rings is 2. The molecule has 13 heteroatoms. The summed E-state index contributed by atoms with van der Waals surface area (Å²) in [5.41, 5.74) is 0. The second kappa shape index (κ2) is 8.44. The largest absolute Gasteiger partial charge is 0.380 e. The zero-order valence-corrected chi connectivity index (χ0v) is 19.0. The quantitative estimate of drug-likeness (QED) is 0.497. The molecule has 0 aliphatic rings. The second-order valence-corrected chi connectivity index (χ2v) is 11.0. The van der Waals surface area contributed by atoms with Crippen LogP contribution in [0.3, 0.4) is 0 Å². The van der Waals surface area contributed by atoms with Crippen molar-refractivity contribution in [1.29, 1.82) is 0 Å². The fraction of sp³-hybridized carbons (Fsp3) is 0.143. The summed E-state index contributed by atoms with van der Waals surface area (Å²) in [6.07, 6.45) is 1.70. The third-order valence-electron chi connectivity index (χ3n) is 2.64. The van der Waals surface area contributed by atoms with Gasteiger partial charge in [0.25, 0.3) is 0 Å². The van der Waals surface area contributed by atoms with Crippen LogP contribution < -0.4 is 8.37 Å². The van der Waals surface area contributed by atoms with Gasteiger partial charge >= 0.3 is 20.2 Å². The fourth-order valence-corrected chi connectivity index (χ4v) is 5.37. The molecule has 0 saturated heterocycles. The van der Waals surface area contributed by atoms with Crippen LogP contribution in [0.15, 0.2) is 34.1 Å². The van der Waals surface area contributed by atoms with Crippen molar-refractivity contribution in [3.05, 3.63) is 44.4 Å². The Morgan fingerprint density at radius 1 is 0.704 bits per heavy atom. The van der Waals surface area contributed by atoms with Crippen LogP contribution in [-0.4, -0.2) is 29.3 Å². The molecule has 2 aromatic rings. The lowest BCUT2D eigenvalue weighted by molar-refractivity contribution is 0.487. The number of halogens is 4. The predicted octanol–water partition coefficient (Wildman–Crippen LogP) is 5.13. The Morgan fingerprint density at radius 3 is 1.33 bits per heavy atom. The molecule has 0 heterocycles. The standard InChI is InChI=1S/C14H10Cl4O6S3/c1-26(19,20)23-13-9(17)3-7(15)5-11(13)25-12-6-8(16)4-10(18)14(12)24-27(2,21)22/h3-6H,1-2H3. The van der Waals surface area contributed by atoms with E-state index in [1.807, 2.05) is 0 Å². The first kappa shape index (κ1) is 22.7. The third-order valence-corrected chi connectivity index (χ3v) is 5.62. The normalized spacial score (nSPS) is 12.1. The van der Waals surface area contributed by atoms with Gasteiger partial charge in [0.05, 0.1) is 32.3 Å². The number of rotatable bonds is 6. The van der Waals surface area contributed by atoms with Crippen molar-refractivity contribution < 1.29 is 25.2 Å². The Balaban J connectivity index is 2.63. The smallest absolute Gasteiger partial charge is 0.306 e. The molecule has 2 aromatic carbocycles. The molecule has 6 nitrogen and oxygen atoms in total. The SMILES string of the molecule is CS(=O)(=O)Oc1c(Cl)cc(Cl)cc1Sc1cc(Cl)cc(Cl)c1OS(C)(=O)=O. The van der Waals surface area contributed by atoms with Crippen molar-refractivity contribution in [1.82, 2.24) is 0 Å². The Hall–Kier alpha value is -0.550. The van der Waals surface area contributed by atoms with Gasteiger partial charge in [0, 0.05) is 10.0 Å². The highest BCUT2D eigenvalue weighted by Crippen LogP contribution is 2.47. The van der Waals surface area contributed by atoms with Crippen LogP contribution in [0.5, 0.6) is 11.5 Å². The first-order chi connectivity index (χ1) is 12.2. The van der Waals surface area contributed by atoms with Gasteiger partial charge < -0.3 is 8.37 Å². The van der Waals surface area contributed by atoms with E-state index in [9.17, 15) is 16.8 Å². The summed E-state index contributed by atoms with van der Waals surface area (Å²) >= 11 is 24.9. The highest BCUT2D eigenvalue weighted by atomic mass is 35.5. The lowest BCUT2D eigenvalue weighted by Crippen LogP contribution is -2.08. The minimum absolute atomic E-state index is 0.0610. The predicted molar refractivity (Wildman–Crippen MR) is 108 cm³/mol. The molecule has 27 heavy (non-hydrogen) atoms. The van der Waals surface area contributed by atoms with Gasteiger partial charge in [-0.3, -0.25) is 0 Å². The molecule has 0 aromatic heterocycles. The van der Waals surface area contributed by atoms with Crippen LogP contribution in [-0.2, 0) is 20.2 Å². The summed E-state index contributed by atoms with van der Waals surface area (Å²) in [5.74, 6) is -0.370. The highest BCUT2D eigenvalue weighted by molar-refractivity contribution is 7.99. The molecule has 0 aliphatic carbocycles. The van der Waals surface area contributed by atoms with Gasteiger partial charge in [-0.25, -0.2) is 0 Å². The summed E-state index contributed by atoms with van der Waals surface area (Å²) in [6.45, 7) is 0. The molecular formula is C14H10Cl4O6S3.